The molecule has 0 unspecified atom stereocenters. The van der Waals surface area contributed by atoms with Gasteiger partial charge in [-0.25, -0.2) is 9.18 Å². The van der Waals surface area contributed by atoms with Crippen molar-refractivity contribution in [2.24, 2.45) is 0 Å². The van der Waals surface area contributed by atoms with Crippen molar-refractivity contribution < 1.29 is 28.6 Å². The van der Waals surface area contributed by atoms with Crippen LogP contribution in [0.3, 0.4) is 0 Å². The molecular weight excluding hydrogens is 505 g/mol. The number of anilines is 1. The van der Waals surface area contributed by atoms with Gasteiger partial charge in [0.05, 0.1) is 11.1 Å². The van der Waals surface area contributed by atoms with Gasteiger partial charge in [0.15, 0.2) is 12.4 Å². The van der Waals surface area contributed by atoms with Crippen LogP contribution in [-0.4, -0.2) is 29.4 Å². The van der Waals surface area contributed by atoms with E-state index >= 15 is 0 Å². The standard InChI is InChI=1S/C23H16BrClFNO5/c1-12-6-13(23(30)31)2-4-19(12)27-21(28)11-32-20-5-3-16(25)10-18(20)22(29)14-7-15(24)9-17(26)8-14/h2-10H,11H2,1H3,(H,27,28)(H,30,31). The van der Waals surface area contributed by atoms with E-state index in [1.54, 1.807) is 6.92 Å². The van der Waals surface area contributed by atoms with Crippen LogP contribution in [0.25, 0.3) is 0 Å². The third-order valence-corrected chi connectivity index (χ3v) is 5.11. The van der Waals surface area contributed by atoms with Crippen molar-refractivity contribution in [2.45, 2.75) is 6.92 Å². The molecule has 3 aromatic carbocycles. The maximum absolute atomic E-state index is 13.7. The van der Waals surface area contributed by atoms with Gasteiger partial charge in [-0.05, 0) is 67.1 Å². The second-order valence-electron chi connectivity index (χ2n) is 6.80. The first-order chi connectivity index (χ1) is 15.1. The molecule has 0 saturated carbocycles. The normalized spacial score (nSPS) is 10.5. The number of carbonyl (C=O) groups excluding carboxylic acids is 2. The van der Waals surface area contributed by atoms with Crippen molar-refractivity contribution >= 4 is 50.9 Å². The lowest BCUT2D eigenvalue weighted by Crippen LogP contribution is -2.21. The van der Waals surface area contributed by atoms with Crippen LogP contribution in [0.1, 0.15) is 31.8 Å². The number of aryl methyl sites for hydroxylation is 1. The molecule has 0 atom stereocenters. The number of hydrogen-bond acceptors (Lipinski definition) is 4. The molecule has 2 N–H and O–H groups in total. The Morgan fingerprint density at radius 2 is 1.81 bits per heavy atom. The number of nitrogens with one attached hydrogen (secondary N) is 1. The Kier molecular flexibility index (Phi) is 7.27. The Bertz CT molecular complexity index is 1210. The number of hydrogen-bond donors (Lipinski definition) is 2. The van der Waals surface area contributed by atoms with Crippen LogP contribution < -0.4 is 10.1 Å². The van der Waals surface area contributed by atoms with Gasteiger partial charge in [0, 0.05) is 20.7 Å². The number of benzene rings is 3. The number of halogens is 3. The number of amides is 1. The van der Waals surface area contributed by atoms with E-state index in [9.17, 15) is 18.8 Å². The summed E-state index contributed by atoms with van der Waals surface area (Å²) in [6, 6.07) is 12.4. The van der Waals surface area contributed by atoms with Gasteiger partial charge in [-0.3, -0.25) is 9.59 Å². The molecule has 9 heteroatoms. The molecule has 0 radical (unpaired) electrons. The largest absolute Gasteiger partial charge is 0.483 e. The van der Waals surface area contributed by atoms with E-state index < -0.39 is 30.1 Å². The predicted octanol–water partition coefficient (Wildman–Crippen LogP) is 5.50. The van der Waals surface area contributed by atoms with Crippen LogP contribution in [0.5, 0.6) is 5.75 Å². The molecule has 0 aliphatic heterocycles. The Hall–Kier alpha value is -3.23. The third-order valence-electron chi connectivity index (χ3n) is 4.42. The van der Waals surface area contributed by atoms with Crippen molar-refractivity contribution in [1.29, 1.82) is 0 Å². The van der Waals surface area contributed by atoms with Crippen LogP contribution in [0.15, 0.2) is 59.1 Å². The van der Waals surface area contributed by atoms with Crippen molar-refractivity contribution in [1.82, 2.24) is 0 Å². The molecule has 3 rings (SSSR count). The average molecular weight is 521 g/mol. The Labute approximate surface area is 196 Å². The number of ether oxygens (including phenoxy) is 1. The highest BCUT2D eigenvalue weighted by Crippen LogP contribution is 2.27. The van der Waals surface area contributed by atoms with Crippen molar-refractivity contribution in [3.05, 3.63) is 92.2 Å². The van der Waals surface area contributed by atoms with E-state index in [0.29, 0.717) is 15.7 Å². The monoisotopic (exact) mass is 519 g/mol. The lowest BCUT2D eigenvalue weighted by atomic mass is 10.0. The fraction of sp³-hybridized carbons (Fsp3) is 0.0870. The van der Waals surface area contributed by atoms with Crippen LogP contribution in [-0.2, 0) is 4.79 Å². The molecule has 0 heterocycles. The first-order valence-electron chi connectivity index (χ1n) is 9.21. The first kappa shape index (κ1) is 23.4. The minimum atomic E-state index is -1.07. The van der Waals surface area contributed by atoms with Gasteiger partial charge in [0.25, 0.3) is 5.91 Å². The lowest BCUT2D eigenvalue weighted by Gasteiger charge is -2.13. The van der Waals surface area contributed by atoms with E-state index in [4.69, 9.17) is 21.4 Å². The first-order valence-corrected chi connectivity index (χ1v) is 10.4. The summed E-state index contributed by atoms with van der Waals surface area (Å²) in [6.45, 7) is 1.24. The lowest BCUT2D eigenvalue weighted by molar-refractivity contribution is -0.118. The van der Waals surface area contributed by atoms with E-state index in [1.807, 2.05) is 0 Å². The Morgan fingerprint density at radius 1 is 1.06 bits per heavy atom. The van der Waals surface area contributed by atoms with Crippen LogP contribution in [0.4, 0.5) is 10.1 Å². The fourth-order valence-corrected chi connectivity index (χ4v) is 3.55. The number of aromatic carboxylic acids is 1. The highest BCUT2D eigenvalue weighted by Gasteiger charge is 2.18. The molecule has 3 aromatic rings. The second kappa shape index (κ2) is 9.93. The molecule has 0 spiro atoms. The van der Waals surface area contributed by atoms with Gasteiger partial charge < -0.3 is 15.2 Å². The maximum atomic E-state index is 13.7. The Morgan fingerprint density at radius 3 is 2.47 bits per heavy atom. The molecule has 0 saturated heterocycles. The molecule has 32 heavy (non-hydrogen) atoms. The van der Waals surface area contributed by atoms with Crippen LogP contribution >= 0.6 is 27.5 Å². The van der Waals surface area contributed by atoms with Gasteiger partial charge in [-0.15, -0.1) is 0 Å². The molecule has 0 aliphatic rings. The van der Waals surface area contributed by atoms with E-state index in [-0.39, 0.29) is 27.5 Å². The van der Waals surface area contributed by atoms with E-state index in [1.165, 1.54) is 48.5 Å². The zero-order valence-electron chi connectivity index (χ0n) is 16.6. The summed E-state index contributed by atoms with van der Waals surface area (Å²) in [7, 11) is 0. The van der Waals surface area contributed by atoms with Crippen LogP contribution in [0.2, 0.25) is 5.02 Å². The molecular formula is C23H16BrClFNO5. The van der Waals surface area contributed by atoms with Gasteiger partial charge >= 0.3 is 5.97 Å². The maximum Gasteiger partial charge on any atom is 0.335 e. The summed E-state index contributed by atoms with van der Waals surface area (Å²) in [5.74, 6) is -2.59. The minimum Gasteiger partial charge on any atom is -0.483 e. The SMILES string of the molecule is Cc1cc(C(=O)O)ccc1NC(=O)COc1ccc(Cl)cc1C(=O)c1cc(F)cc(Br)c1. The predicted molar refractivity (Wildman–Crippen MR) is 121 cm³/mol. The van der Waals surface area contributed by atoms with Crippen molar-refractivity contribution in [3.8, 4) is 5.75 Å². The summed E-state index contributed by atoms with van der Waals surface area (Å²) in [6.07, 6.45) is 0. The number of ketones is 1. The molecule has 0 fully saturated rings. The highest BCUT2D eigenvalue weighted by molar-refractivity contribution is 9.10. The molecule has 0 bridgehead atoms. The summed E-state index contributed by atoms with van der Waals surface area (Å²) in [4.78, 5) is 36.3. The van der Waals surface area contributed by atoms with Gasteiger partial charge in [0.1, 0.15) is 11.6 Å². The van der Waals surface area contributed by atoms with Crippen molar-refractivity contribution in [3.63, 3.8) is 0 Å². The van der Waals surface area contributed by atoms with Crippen LogP contribution in [0, 0.1) is 12.7 Å². The zero-order chi connectivity index (χ0) is 23.4. The van der Waals surface area contributed by atoms with E-state index in [2.05, 4.69) is 21.2 Å². The molecule has 0 aliphatic carbocycles. The third kappa shape index (κ3) is 5.72. The minimum absolute atomic E-state index is 0.0739. The quantitative estimate of drug-likeness (QED) is 0.402. The molecule has 6 nitrogen and oxygen atoms in total. The Balaban J connectivity index is 1.76. The van der Waals surface area contributed by atoms with Gasteiger partial charge in [-0.1, -0.05) is 27.5 Å². The zero-order valence-corrected chi connectivity index (χ0v) is 19.0. The summed E-state index contributed by atoms with van der Waals surface area (Å²) < 4.78 is 19.7. The second-order valence-corrected chi connectivity index (χ2v) is 8.15. The van der Waals surface area contributed by atoms with E-state index in [0.717, 1.165) is 6.07 Å². The van der Waals surface area contributed by atoms with Gasteiger partial charge in [-0.2, -0.15) is 0 Å². The number of carboxylic acids is 1. The molecule has 1 amide bonds. The highest BCUT2D eigenvalue weighted by atomic mass is 79.9. The average Bonchev–Trinajstić information content (AvgIpc) is 2.72. The summed E-state index contributed by atoms with van der Waals surface area (Å²) in [5.41, 5.74) is 1.26. The summed E-state index contributed by atoms with van der Waals surface area (Å²) >= 11 is 9.17. The molecule has 0 aromatic heterocycles. The fourth-order valence-electron chi connectivity index (χ4n) is 2.91. The smallest absolute Gasteiger partial charge is 0.335 e. The number of carbonyl (C=O) groups is 3. The number of carboxylic acid groups (broad SMARTS) is 1. The summed E-state index contributed by atoms with van der Waals surface area (Å²) in [5, 5.41) is 11.9. The van der Waals surface area contributed by atoms with Crippen molar-refractivity contribution in [2.75, 3.05) is 11.9 Å². The number of rotatable bonds is 7. The topological polar surface area (TPSA) is 92.7 Å². The van der Waals surface area contributed by atoms with Gasteiger partial charge in [0.2, 0.25) is 0 Å². The molecule has 164 valence electrons.